The van der Waals surface area contributed by atoms with Crippen LogP contribution in [0.1, 0.15) is 71.6 Å². The van der Waals surface area contributed by atoms with Gasteiger partial charge in [-0.1, -0.05) is 44.9 Å². The van der Waals surface area contributed by atoms with Gasteiger partial charge in [0.25, 0.3) is 0 Å². The van der Waals surface area contributed by atoms with E-state index in [-0.39, 0.29) is 12.2 Å². The average molecular weight is 335 g/mol. The maximum Gasteiger partial charge on any atom is 0.0781 e. The van der Waals surface area contributed by atoms with Gasteiger partial charge in [0.1, 0.15) is 0 Å². The molecule has 0 aromatic carbocycles. The van der Waals surface area contributed by atoms with E-state index in [9.17, 15) is 0 Å². The first-order valence-electron chi connectivity index (χ1n) is 9.03. The summed E-state index contributed by atoms with van der Waals surface area (Å²) in [5.74, 6) is 1.04. The van der Waals surface area contributed by atoms with Crippen molar-refractivity contribution in [3.05, 3.63) is 0 Å². The number of thiol groups is 1. The van der Waals surface area contributed by atoms with Gasteiger partial charge >= 0.3 is 0 Å². The Morgan fingerprint density at radius 2 is 1.18 bits per heavy atom. The van der Waals surface area contributed by atoms with Crippen molar-refractivity contribution in [3.63, 3.8) is 0 Å². The van der Waals surface area contributed by atoms with Gasteiger partial charge < -0.3 is 14.2 Å². The third-order valence-electron chi connectivity index (χ3n) is 3.72. The Morgan fingerprint density at radius 3 is 1.73 bits per heavy atom. The number of hydrogen-bond acceptors (Lipinski definition) is 4. The largest absolute Gasteiger partial charge is 0.382 e. The average Bonchev–Trinajstić information content (AvgIpc) is 2.51. The van der Waals surface area contributed by atoms with Crippen molar-refractivity contribution in [1.82, 2.24) is 0 Å². The molecule has 2 unspecified atom stereocenters. The molecule has 4 heteroatoms. The van der Waals surface area contributed by atoms with Crippen molar-refractivity contribution in [2.45, 2.75) is 83.8 Å². The fourth-order valence-corrected chi connectivity index (χ4v) is 2.59. The van der Waals surface area contributed by atoms with Crippen molar-refractivity contribution in [1.29, 1.82) is 0 Å². The zero-order chi connectivity index (χ0) is 16.5. The summed E-state index contributed by atoms with van der Waals surface area (Å²) in [6.07, 6.45) is 12.2. The summed E-state index contributed by atoms with van der Waals surface area (Å²) in [7, 11) is 1.70. The molecule has 0 spiro atoms. The summed E-state index contributed by atoms with van der Waals surface area (Å²) in [5.41, 5.74) is 0. The summed E-state index contributed by atoms with van der Waals surface area (Å²) in [5, 5.41) is 0. The van der Waals surface area contributed by atoms with E-state index < -0.39 is 0 Å². The van der Waals surface area contributed by atoms with Gasteiger partial charge in [-0.3, -0.25) is 0 Å². The second kappa shape index (κ2) is 17.6. The van der Waals surface area contributed by atoms with E-state index in [1.165, 1.54) is 51.4 Å². The summed E-state index contributed by atoms with van der Waals surface area (Å²) in [6, 6.07) is 0. The van der Waals surface area contributed by atoms with Gasteiger partial charge in [-0.05, 0) is 32.4 Å². The first-order valence-corrected chi connectivity index (χ1v) is 9.67. The van der Waals surface area contributed by atoms with Crippen molar-refractivity contribution < 1.29 is 14.2 Å². The van der Waals surface area contributed by atoms with Gasteiger partial charge in [-0.15, -0.1) is 0 Å². The normalized spacial score (nSPS) is 14.2. The highest BCUT2D eigenvalue weighted by Gasteiger charge is 2.06. The molecular formula is C18H38O3S. The minimum Gasteiger partial charge on any atom is -0.382 e. The fraction of sp³-hybridized carbons (Fsp3) is 1.00. The first kappa shape index (κ1) is 22.2. The molecule has 0 bridgehead atoms. The van der Waals surface area contributed by atoms with Crippen LogP contribution in [0.5, 0.6) is 0 Å². The Morgan fingerprint density at radius 1 is 0.682 bits per heavy atom. The number of unbranched alkanes of at least 4 members (excludes halogenated alkanes) is 8. The molecule has 0 aromatic rings. The topological polar surface area (TPSA) is 27.7 Å². The monoisotopic (exact) mass is 334 g/mol. The molecular weight excluding hydrogens is 296 g/mol. The second-order valence-corrected chi connectivity index (χ2v) is 6.63. The van der Waals surface area contributed by atoms with Gasteiger partial charge in [0.15, 0.2) is 0 Å². The lowest BCUT2D eigenvalue weighted by molar-refractivity contribution is -0.0514. The van der Waals surface area contributed by atoms with E-state index in [4.69, 9.17) is 14.2 Å². The standard InChI is InChI=1S/C18H38O3S/c1-17(15-19-3)21-16-18(2)20-13-11-9-7-5-4-6-8-10-12-14-22/h17-18,22H,4-16H2,1-3H3. The Hall–Kier alpha value is 0.230. The minimum absolute atomic E-state index is 0.142. The van der Waals surface area contributed by atoms with E-state index in [1.54, 1.807) is 7.11 Å². The third kappa shape index (κ3) is 16.6. The summed E-state index contributed by atoms with van der Waals surface area (Å²) >= 11 is 4.23. The molecule has 22 heavy (non-hydrogen) atoms. The maximum absolute atomic E-state index is 5.77. The Bertz CT molecular complexity index is 215. The third-order valence-corrected chi connectivity index (χ3v) is 4.04. The van der Waals surface area contributed by atoms with Crippen LogP contribution in [-0.2, 0) is 14.2 Å². The molecule has 0 radical (unpaired) electrons. The lowest BCUT2D eigenvalue weighted by Gasteiger charge is -2.17. The van der Waals surface area contributed by atoms with Gasteiger partial charge in [0.2, 0.25) is 0 Å². The van der Waals surface area contributed by atoms with Crippen molar-refractivity contribution in [3.8, 4) is 0 Å². The molecule has 0 N–H and O–H groups in total. The molecule has 3 nitrogen and oxygen atoms in total. The molecule has 0 amide bonds. The van der Waals surface area contributed by atoms with Crippen LogP contribution in [0.15, 0.2) is 0 Å². The van der Waals surface area contributed by atoms with E-state index >= 15 is 0 Å². The molecule has 0 aliphatic carbocycles. The lowest BCUT2D eigenvalue weighted by atomic mass is 10.1. The minimum atomic E-state index is 0.142. The SMILES string of the molecule is COCC(C)OCC(C)OCCCCCCCCCCCS. The van der Waals surface area contributed by atoms with E-state index in [2.05, 4.69) is 19.6 Å². The van der Waals surface area contributed by atoms with E-state index in [0.717, 1.165) is 18.8 Å². The zero-order valence-corrected chi connectivity index (χ0v) is 15.9. The van der Waals surface area contributed by atoms with Crippen LogP contribution in [0.25, 0.3) is 0 Å². The van der Waals surface area contributed by atoms with Crippen LogP contribution < -0.4 is 0 Å². The molecule has 0 rings (SSSR count). The van der Waals surface area contributed by atoms with Crippen molar-refractivity contribution in [2.75, 3.05) is 32.7 Å². The number of ether oxygens (including phenoxy) is 3. The Labute approximate surface area is 143 Å². The van der Waals surface area contributed by atoms with Crippen LogP contribution in [0.3, 0.4) is 0 Å². The molecule has 2 atom stereocenters. The molecule has 0 heterocycles. The second-order valence-electron chi connectivity index (χ2n) is 6.19. The van der Waals surface area contributed by atoms with Crippen molar-refractivity contribution >= 4 is 12.6 Å². The highest BCUT2D eigenvalue weighted by molar-refractivity contribution is 7.80. The number of methoxy groups -OCH3 is 1. The Balaban J connectivity index is 3.18. The van der Waals surface area contributed by atoms with Crippen LogP contribution in [0.2, 0.25) is 0 Å². The predicted molar refractivity (Wildman–Crippen MR) is 98.1 cm³/mol. The molecule has 0 aliphatic heterocycles. The number of rotatable bonds is 17. The predicted octanol–water partition coefficient (Wildman–Crippen LogP) is 4.88. The smallest absolute Gasteiger partial charge is 0.0781 e. The summed E-state index contributed by atoms with van der Waals surface area (Å²) in [6.45, 7) is 6.24. The molecule has 0 saturated heterocycles. The van der Waals surface area contributed by atoms with E-state index in [1.807, 2.05) is 6.92 Å². The molecule has 0 fully saturated rings. The van der Waals surface area contributed by atoms with Crippen molar-refractivity contribution in [2.24, 2.45) is 0 Å². The molecule has 0 aliphatic rings. The number of hydrogen-bond donors (Lipinski definition) is 1. The van der Waals surface area contributed by atoms with Crippen LogP contribution in [0.4, 0.5) is 0 Å². The summed E-state index contributed by atoms with van der Waals surface area (Å²) < 4.78 is 16.4. The molecule has 0 aromatic heterocycles. The zero-order valence-electron chi connectivity index (χ0n) is 15.0. The molecule has 134 valence electrons. The summed E-state index contributed by atoms with van der Waals surface area (Å²) in [4.78, 5) is 0. The lowest BCUT2D eigenvalue weighted by Crippen LogP contribution is -2.23. The van der Waals surface area contributed by atoms with Gasteiger partial charge in [0.05, 0.1) is 25.4 Å². The fourth-order valence-electron chi connectivity index (χ4n) is 2.37. The van der Waals surface area contributed by atoms with Gasteiger partial charge in [0, 0.05) is 13.7 Å². The van der Waals surface area contributed by atoms with Gasteiger partial charge in [-0.2, -0.15) is 12.6 Å². The van der Waals surface area contributed by atoms with Crippen LogP contribution in [0, 0.1) is 0 Å². The highest BCUT2D eigenvalue weighted by atomic mass is 32.1. The molecule has 0 saturated carbocycles. The highest BCUT2D eigenvalue weighted by Crippen LogP contribution is 2.10. The van der Waals surface area contributed by atoms with Crippen LogP contribution >= 0.6 is 12.6 Å². The Kier molecular flexibility index (Phi) is 17.8. The first-order chi connectivity index (χ1) is 10.7. The quantitative estimate of drug-likeness (QED) is 0.303. The van der Waals surface area contributed by atoms with Gasteiger partial charge in [-0.25, -0.2) is 0 Å². The van der Waals surface area contributed by atoms with E-state index in [0.29, 0.717) is 13.2 Å². The maximum atomic E-state index is 5.77. The van der Waals surface area contributed by atoms with Crippen LogP contribution in [-0.4, -0.2) is 44.9 Å².